The average molecular weight is 471 g/mol. The fourth-order valence-corrected chi connectivity index (χ4v) is 11.4. The highest BCUT2D eigenvalue weighted by Gasteiger charge is 2.69. The van der Waals surface area contributed by atoms with Crippen molar-refractivity contribution in [3.63, 3.8) is 0 Å². The highest BCUT2D eigenvalue weighted by atomic mass is 16.3. The van der Waals surface area contributed by atoms with Gasteiger partial charge in [-0.25, -0.2) is 0 Å². The van der Waals surface area contributed by atoms with Crippen LogP contribution in [-0.2, 0) is 0 Å². The first kappa shape index (κ1) is 25.3. The summed E-state index contributed by atoms with van der Waals surface area (Å²) in [6.45, 7) is 22.3. The normalized spacial score (nSPS) is 53.8. The summed E-state index contributed by atoms with van der Waals surface area (Å²) in [5.74, 6) is 2.53. The Kier molecular flexibility index (Phi) is 5.49. The van der Waals surface area contributed by atoms with Crippen molar-refractivity contribution in [2.45, 2.75) is 132 Å². The van der Waals surface area contributed by atoms with Gasteiger partial charge in [-0.1, -0.05) is 74.0 Å². The zero-order valence-corrected chi connectivity index (χ0v) is 23.8. The van der Waals surface area contributed by atoms with Crippen molar-refractivity contribution in [2.24, 2.45) is 56.2 Å². The lowest BCUT2D eigenvalue weighted by Gasteiger charge is -2.72. The third-order valence-electron chi connectivity index (χ3n) is 13.8. The van der Waals surface area contributed by atoms with Crippen LogP contribution in [0.1, 0.15) is 120 Å². The van der Waals surface area contributed by atoms with Crippen LogP contribution < -0.4 is 0 Å². The van der Waals surface area contributed by atoms with Gasteiger partial charge in [-0.15, -0.1) is 0 Å². The van der Waals surface area contributed by atoms with Crippen molar-refractivity contribution in [2.75, 3.05) is 0 Å². The van der Waals surface area contributed by atoms with E-state index >= 15 is 0 Å². The third kappa shape index (κ3) is 3.00. The molecule has 0 spiro atoms. The third-order valence-corrected chi connectivity index (χ3v) is 13.8. The summed E-state index contributed by atoms with van der Waals surface area (Å²) >= 11 is 0. The number of allylic oxidation sites excluding steroid dienone is 2. The molecule has 0 unspecified atom stereocenters. The molecule has 2 heteroatoms. The lowest BCUT2D eigenvalue weighted by Crippen LogP contribution is -2.67. The molecule has 0 heterocycles. The molecule has 4 fully saturated rings. The summed E-state index contributed by atoms with van der Waals surface area (Å²) in [4.78, 5) is 0. The van der Waals surface area contributed by atoms with E-state index in [9.17, 15) is 10.2 Å². The van der Waals surface area contributed by atoms with Gasteiger partial charge in [0.15, 0.2) is 0 Å². The second kappa shape index (κ2) is 7.37. The van der Waals surface area contributed by atoms with E-state index in [1.54, 1.807) is 0 Å². The topological polar surface area (TPSA) is 40.5 Å². The Morgan fingerprint density at radius 2 is 1.47 bits per heavy atom. The van der Waals surface area contributed by atoms with E-state index in [1.807, 2.05) is 5.57 Å². The predicted molar refractivity (Wildman–Crippen MR) is 141 cm³/mol. The van der Waals surface area contributed by atoms with Crippen molar-refractivity contribution < 1.29 is 10.2 Å². The maximum Gasteiger partial charge on any atom is 0.0852 e. The Hall–Kier alpha value is -0.340. The molecule has 0 saturated heterocycles. The molecule has 2 N–H and O–H groups in total. The number of hydrogen-bond donors (Lipinski definition) is 2. The van der Waals surface area contributed by atoms with Gasteiger partial charge in [0.1, 0.15) is 0 Å². The zero-order valence-electron chi connectivity index (χ0n) is 23.8. The molecule has 0 aromatic carbocycles. The summed E-state index contributed by atoms with van der Waals surface area (Å²) in [7, 11) is 0. The second-order valence-electron chi connectivity index (χ2n) is 16.1. The molecule has 5 rings (SSSR count). The Bertz CT molecular complexity index is 868. The monoisotopic (exact) mass is 470 g/mol. The molecule has 34 heavy (non-hydrogen) atoms. The van der Waals surface area contributed by atoms with Gasteiger partial charge in [0.25, 0.3) is 0 Å². The first-order valence-corrected chi connectivity index (χ1v) is 14.6. The Morgan fingerprint density at radius 1 is 0.824 bits per heavy atom. The summed E-state index contributed by atoms with van der Waals surface area (Å²) in [5.41, 5.74) is 3.13. The fourth-order valence-electron chi connectivity index (χ4n) is 11.4. The van der Waals surface area contributed by atoms with Crippen molar-refractivity contribution in [3.8, 4) is 0 Å². The van der Waals surface area contributed by atoms with E-state index in [0.29, 0.717) is 22.7 Å². The summed E-state index contributed by atoms with van der Waals surface area (Å²) in [6, 6.07) is 0. The average Bonchev–Trinajstić information content (AvgIpc) is 2.72. The maximum atomic E-state index is 11.0. The van der Waals surface area contributed by atoms with E-state index in [2.05, 4.69) is 68.4 Å². The van der Waals surface area contributed by atoms with Crippen molar-refractivity contribution in [3.05, 3.63) is 11.6 Å². The molecule has 0 bridgehead atoms. The maximum absolute atomic E-state index is 11.0. The molecular formula is C32H54O2. The Labute approximate surface area is 210 Å². The molecule has 0 radical (unpaired) electrons. The highest BCUT2D eigenvalue weighted by molar-refractivity contribution is 5.34. The number of aliphatic hydroxyl groups excluding tert-OH is 2. The van der Waals surface area contributed by atoms with E-state index in [4.69, 9.17) is 0 Å². The van der Waals surface area contributed by atoms with Gasteiger partial charge in [0.2, 0.25) is 0 Å². The first-order valence-electron chi connectivity index (χ1n) is 14.6. The van der Waals surface area contributed by atoms with E-state index in [0.717, 1.165) is 18.3 Å². The van der Waals surface area contributed by atoms with E-state index < -0.39 is 12.2 Å². The van der Waals surface area contributed by atoms with Crippen LogP contribution >= 0.6 is 0 Å². The van der Waals surface area contributed by atoms with Crippen molar-refractivity contribution >= 4 is 0 Å². The van der Waals surface area contributed by atoms with Crippen molar-refractivity contribution in [1.82, 2.24) is 0 Å². The standard InChI is InChI=1S/C32H54O2/c1-20(2)32-16-14-27(3,4)18-22(32)21-10-11-25-29(7)19-23(33)26(34)28(5,6)24(29)12-13-31(25,9)30(21,8)15-17-32/h10,20,22-26,33-34H,11-19H2,1-9H3/t22-,23+,24-,25+,26-,29-,30+,31+,32+/m0/s1. The fraction of sp³-hybridized carbons (Fsp3) is 0.938. The molecule has 5 aliphatic carbocycles. The summed E-state index contributed by atoms with van der Waals surface area (Å²) in [6.07, 6.45) is 12.8. The second-order valence-corrected chi connectivity index (χ2v) is 16.1. The quantitative estimate of drug-likeness (QED) is 0.384. The van der Waals surface area contributed by atoms with Gasteiger partial charge in [-0.3, -0.25) is 0 Å². The summed E-state index contributed by atoms with van der Waals surface area (Å²) < 4.78 is 0. The van der Waals surface area contributed by atoms with E-state index in [-0.39, 0.29) is 21.7 Å². The molecule has 0 aromatic rings. The molecule has 194 valence electrons. The number of aliphatic hydroxyl groups is 2. The van der Waals surface area contributed by atoms with Gasteiger partial charge >= 0.3 is 0 Å². The number of fused-ring (bicyclic) bond motifs is 7. The van der Waals surface area contributed by atoms with Crippen LogP contribution in [0.2, 0.25) is 0 Å². The lowest BCUT2D eigenvalue weighted by atomic mass is 9.33. The molecule has 5 aliphatic rings. The van der Waals surface area contributed by atoms with Crippen LogP contribution in [0.25, 0.3) is 0 Å². The lowest BCUT2D eigenvalue weighted by molar-refractivity contribution is -0.232. The number of hydrogen-bond acceptors (Lipinski definition) is 2. The largest absolute Gasteiger partial charge is 0.390 e. The van der Waals surface area contributed by atoms with Gasteiger partial charge in [0.05, 0.1) is 12.2 Å². The zero-order chi connectivity index (χ0) is 25.1. The van der Waals surface area contributed by atoms with Crippen LogP contribution in [0, 0.1) is 56.2 Å². The molecule has 0 aliphatic heterocycles. The Morgan fingerprint density at radius 3 is 2.12 bits per heavy atom. The van der Waals surface area contributed by atoms with Crippen LogP contribution in [0.4, 0.5) is 0 Å². The minimum Gasteiger partial charge on any atom is -0.390 e. The summed E-state index contributed by atoms with van der Waals surface area (Å²) in [5, 5.41) is 22.0. The molecule has 4 saturated carbocycles. The van der Waals surface area contributed by atoms with Crippen molar-refractivity contribution in [1.29, 1.82) is 0 Å². The van der Waals surface area contributed by atoms with Gasteiger partial charge in [0, 0.05) is 0 Å². The van der Waals surface area contributed by atoms with Gasteiger partial charge in [-0.05, 0) is 114 Å². The molecule has 9 atom stereocenters. The molecule has 0 amide bonds. The van der Waals surface area contributed by atoms with Crippen LogP contribution in [0.15, 0.2) is 11.6 Å². The Balaban J connectivity index is 1.60. The van der Waals surface area contributed by atoms with Crippen LogP contribution in [0.5, 0.6) is 0 Å². The first-order chi connectivity index (χ1) is 15.6. The van der Waals surface area contributed by atoms with Gasteiger partial charge in [-0.2, -0.15) is 0 Å². The SMILES string of the molecule is CC(C)[C@]12CCC(C)(C)C[C@H]1C1=CC[C@@H]3[C@@]4(C)C[C@@H](O)[C@H](O)C(C)(C)[C@@H]4CC[C@@]3(C)[C@]1(C)CC2. The number of rotatable bonds is 1. The van der Waals surface area contributed by atoms with E-state index in [1.165, 1.54) is 51.4 Å². The molecule has 0 aromatic heterocycles. The minimum atomic E-state index is -0.606. The van der Waals surface area contributed by atoms with Crippen LogP contribution in [-0.4, -0.2) is 22.4 Å². The van der Waals surface area contributed by atoms with Crippen LogP contribution in [0.3, 0.4) is 0 Å². The van der Waals surface area contributed by atoms with Gasteiger partial charge < -0.3 is 10.2 Å². The highest BCUT2D eigenvalue weighted by Crippen LogP contribution is 2.76. The molecule has 2 nitrogen and oxygen atoms in total. The minimum absolute atomic E-state index is 0.0820. The predicted octanol–water partition coefficient (Wildman–Crippen LogP) is 7.78. The molecular weight excluding hydrogens is 416 g/mol. The smallest absolute Gasteiger partial charge is 0.0852 e.